The molecule has 0 saturated heterocycles. The number of hydrogen-bond acceptors (Lipinski definition) is 3. The maximum absolute atomic E-state index is 13.4. The van der Waals surface area contributed by atoms with E-state index in [1.165, 1.54) is 12.4 Å². The Morgan fingerprint density at radius 1 is 1.00 bits per heavy atom. The zero-order valence-corrected chi connectivity index (χ0v) is 12.1. The van der Waals surface area contributed by atoms with Gasteiger partial charge in [0, 0.05) is 23.2 Å². The van der Waals surface area contributed by atoms with Gasteiger partial charge in [-0.15, -0.1) is 0 Å². The van der Waals surface area contributed by atoms with Crippen molar-refractivity contribution in [3.8, 4) is 5.69 Å². The lowest BCUT2D eigenvalue weighted by Gasteiger charge is -2.26. The topological polar surface area (TPSA) is 50.9 Å². The zero-order chi connectivity index (χ0) is 17.7. The van der Waals surface area contributed by atoms with E-state index in [1.807, 2.05) is 0 Å². The van der Waals surface area contributed by atoms with Crippen LogP contribution in [0.4, 0.5) is 22.0 Å². The second kappa shape index (κ2) is 5.23. The van der Waals surface area contributed by atoms with Crippen LogP contribution in [0.25, 0.3) is 16.6 Å². The highest BCUT2D eigenvalue weighted by Gasteiger charge is 2.51. The van der Waals surface area contributed by atoms with Crippen LogP contribution in [0.1, 0.15) is 12.5 Å². The molecule has 0 amide bonds. The smallest absolute Gasteiger partial charge is 0.376 e. The third-order valence-corrected chi connectivity index (χ3v) is 3.69. The van der Waals surface area contributed by atoms with E-state index in [-0.39, 0.29) is 16.6 Å². The van der Waals surface area contributed by atoms with Crippen molar-refractivity contribution in [1.29, 1.82) is 0 Å². The first-order chi connectivity index (χ1) is 11.1. The van der Waals surface area contributed by atoms with Gasteiger partial charge in [0.05, 0.1) is 23.6 Å². The molecule has 0 aliphatic carbocycles. The van der Waals surface area contributed by atoms with Crippen molar-refractivity contribution in [2.75, 3.05) is 0 Å². The molecule has 2 heterocycles. The van der Waals surface area contributed by atoms with E-state index < -0.39 is 29.0 Å². The van der Waals surface area contributed by atoms with Crippen LogP contribution >= 0.6 is 0 Å². The fourth-order valence-electron chi connectivity index (χ4n) is 2.20. The third-order valence-electron chi connectivity index (χ3n) is 3.69. The molecule has 0 aliphatic rings. The fraction of sp³-hybridized carbons (Fsp3) is 0.200. The molecule has 0 spiro atoms. The molecule has 0 radical (unpaired) electrons. The van der Waals surface area contributed by atoms with Gasteiger partial charge in [0.25, 0.3) is 0 Å². The molecule has 0 bridgehead atoms. The molecule has 3 rings (SSSR count). The van der Waals surface area contributed by atoms with Crippen molar-refractivity contribution in [3.05, 3.63) is 54.0 Å². The molecular weight excluding hydrogens is 333 g/mol. The number of aliphatic hydroxyl groups is 1. The molecule has 1 atom stereocenters. The van der Waals surface area contributed by atoms with Gasteiger partial charge in [0.2, 0.25) is 0 Å². The highest BCUT2D eigenvalue weighted by molar-refractivity contribution is 5.80. The van der Waals surface area contributed by atoms with Crippen LogP contribution in [0.3, 0.4) is 0 Å². The number of halogens is 5. The number of pyridine rings is 1. The maximum Gasteiger partial charge on any atom is 0.421 e. The Kier molecular flexibility index (Phi) is 3.56. The molecular formula is C15H10F5N3O. The zero-order valence-electron chi connectivity index (χ0n) is 12.1. The van der Waals surface area contributed by atoms with E-state index in [9.17, 15) is 27.1 Å². The summed E-state index contributed by atoms with van der Waals surface area (Å²) in [6.07, 6.45) is -1.59. The van der Waals surface area contributed by atoms with Crippen LogP contribution in [0.5, 0.6) is 0 Å². The predicted octanol–water partition coefficient (Wildman–Crippen LogP) is 3.47. The van der Waals surface area contributed by atoms with E-state index in [0.717, 1.165) is 29.1 Å². The van der Waals surface area contributed by atoms with Gasteiger partial charge in [0.1, 0.15) is 0 Å². The monoisotopic (exact) mass is 343 g/mol. The summed E-state index contributed by atoms with van der Waals surface area (Å²) in [7, 11) is 0. The van der Waals surface area contributed by atoms with Gasteiger partial charge in [-0.25, -0.2) is 13.5 Å². The number of hydrogen-bond donors (Lipinski definition) is 1. The van der Waals surface area contributed by atoms with Crippen LogP contribution in [0.15, 0.2) is 36.8 Å². The number of benzene rings is 1. The quantitative estimate of drug-likeness (QED) is 0.725. The average Bonchev–Trinajstić information content (AvgIpc) is 2.89. The largest absolute Gasteiger partial charge is 0.421 e. The maximum atomic E-state index is 13.4. The van der Waals surface area contributed by atoms with E-state index >= 15 is 0 Å². The number of alkyl halides is 3. The molecule has 0 fully saturated rings. The van der Waals surface area contributed by atoms with Gasteiger partial charge < -0.3 is 5.11 Å². The number of fused-ring (bicyclic) bond motifs is 1. The summed E-state index contributed by atoms with van der Waals surface area (Å²) >= 11 is 0. The van der Waals surface area contributed by atoms with Gasteiger partial charge >= 0.3 is 6.18 Å². The molecule has 1 unspecified atom stereocenters. The number of nitrogens with zero attached hydrogens (tertiary/aromatic N) is 3. The van der Waals surface area contributed by atoms with Crippen LogP contribution in [0, 0.1) is 11.6 Å². The van der Waals surface area contributed by atoms with Gasteiger partial charge in [-0.1, -0.05) is 0 Å². The Labute approximate surface area is 132 Å². The minimum absolute atomic E-state index is 0.0676. The van der Waals surface area contributed by atoms with Crippen molar-refractivity contribution in [1.82, 2.24) is 14.8 Å². The summed E-state index contributed by atoms with van der Waals surface area (Å²) in [4.78, 5) is 3.68. The van der Waals surface area contributed by atoms with Crippen molar-refractivity contribution >= 4 is 10.9 Å². The summed E-state index contributed by atoms with van der Waals surface area (Å²) in [6, 6.07) is 2.84. The number of rotatable bonds is 2. The molecule has 24 heavy (non-hydrogen) atoms. The highest BCUT2D eigenvalue weighted by Crippen LogP contribution is 2.38. The lowest BCUT2D eigenvalue weighted by atomic mass is 9.97. The van der Waals surface area contributed by atoms with E-state index in [4.69, 9.17) is 0 Å². The molecule has 2 aromatic heterocycles. The summed E-state index contributed by atoms with van der Waals surface area (Å²) in [5.41, 5.74) is -3.40. The normalized spacial score (nSPS) is 14.8. The van der Waals surface area contributed by atoms with Crippen molar-refractivity contribution in [2.24, 2.45) is 0 Å². The summed E-state index contributed by atoms with van der Waals surface area (Å²) in [5, 5.41) is 13.9. The first-order valence-electron chi connectivity index (χ1n) is 6.69. The SMILES string of the molecule is CC(O)(c1cncc(-n2ncc3cc(F)c(F)cc32)c1)C(F)(F)F. The summed E-state index contributed by atoms with van der Waals surface area (Å²) in [6.45, 7) is 0.601. The molecule has 1 aromatic carbocycles. The molecule has 0 saturated carbocycles. The fourth-order valence-corrected chi connectivity index (χ4v) is 2.20. The van der Waals surface area contributed by atoms with Gasteiger partial charge in [-0.05, 0) is 19.1 Å². The first kappa shape index (κ1) is 16.3. The number of aromatic nitrogens is 3. The van der Waals surface area contributed by atoms with Crippen molar-refractivity contribution in [3.63, 3.8) is 0 Å². The van der Waals surface area contributed by atoms with E-state index in [1.54, 1.807) is 0 Å². The third kappa shape index (κ3) is 2.50. The molecule has 3 aromatic rings. The van der Waals surface area contributed by atoms with Crippen LogP contribution < -0.4 is 0 Å². The van der Waals surface area contributed by atoms with E-state index in [0.29, 0.717) is 6.92 Å². The molecule has 9 heteroatoms. The van der Waals surface area contributed by atoms with Crippen molar-refractivity contribution < 1.29 is 27.1 Å². The van der Waals surface area contributed by atoms with Crippen LogP contribution in [-0.4, -0.2) is 26.0 Å². The lowest BCUT2D eigenvalue weighted by Crippen LogP contribution is -2.39. The summed E-state index contributed by atoms with van der Waals surface area (Å²) < 4.78 is 66.6. The Balaban J connectivity index is 2.15. The minimum atomic E-state index is -4.91. The second-order valence-corrected chi connectivity index (χ2v) is 5.38. The Morgan fingerprint density at radius 3 is 2.33 bits per heavy atom. The average molecular weight is 343 g/mol. The minimum Gasteiger partial charge on any atom is -0.376 e. The molecule has 0 aliphatic heterocycles. The Bertz CT molecular complexity index is 917. The summed E-state index contributed by atoms with van der Waals surface area (Å²) in [5.74, 6) is -2.18. The highest BCUT2D eigenvalue weighted by atomic mass is 19.4. The van der Waals surface area contributed by atoms with Gasteiger partial charge in [0.15, 0.2) is 17.2 Å². The van der Waals surface area contributed by atoms with Crippen molar-refractivity contribution in [2.45, 2.75) is 18.7 Å². The second-order valence-electron chi connectivity index (χ2n) is 5.38. The van der Waals surface area contributed by atoms with E-state index in [2.05, 4.69) is 10.1 Å². The van der Waals surface area contributed by atoms with Gasteiger partial charge in [-0.3, -0.25) is 4.98 Å². The van der Waals surface area contributed by atoms with Crippen LogP contribution in [0.2, 0.25) is 0 Å². The van der Waals surface area contributed by atoms with Gasteiger partial charge in [-0.2, -0.15) is 18.3 Å². The Morgan fingerprint density at radius 2 is 1.67 bits per heavy atom. The molecule has 4 nitrogen and oxygen atoms in total. The van der Waals surface area contributed by atoms with Crippen LogP contribution in [-0.2, 0) is 5.60 Å². The lowest BCUT2D eigenvalue weighted by molar-refractivity contribution is -0.259. The standard InChI is InChI=1S/C15H10F5N3O/c1-14(24,15(18,19)20)9-3-10(7-21-6-9)23-13-4-12(17)11(16)2-8(13)5-22-23/h2-7,24H,1H3. The predicted molar refractivity (Wildman–Crippen MR) is 74.4 cm³/mol. The first-order valence-corrected chi connectivity index (χ1v) is 6.69. The molecule has 1 N–H and O–H groups in total. The Hall–Kier alpha value is -2.55. The molecule has 126 valence electrons.